The monoisotopic (exact) mass is 188 g/mol. The zero-order chi connectivity index (χ0) is 9.26. The highest BCUT2D eigenvalue weighted by Crippen LogP contribution is 2.18. The van der Waals surface area contributed by atoms with Crippen LogP contribution >= 0.6 is 0 Å². The van der Waals surface area contributed by atoms with E-state index in [-0.39, 0.29) is 0 Å². The molecule has 0 aliphatic carbocycles. The summed E-state index contributed by atoms with van der Waals surface area (Å²) in [6.07, 6.45) is 0. The third-order valence-corrected chi connectivity index (χ3v) is 1.15. The molecule has 0 saturated carbocycles. The molecular formula is C4H2F2N6O. The highest BCUT2D eigenvalue weighted by atomic mass is 19.1. The van der Waals surface area contributed by atoms with Crippen LogP contribution in [0, 0.1) is 11.9 Å². The zero-order valence-electron chi connectivity index (χ0n) is 5.95. The molecule has 2 rings (SSSR count). The molecule has 0 aliphatic rings. The Labute approximate surface area is 69.1 Å². The second-order valence-electron chi connectivity index (χ2n) is 1.94. The van der Waals surface area contributed by atoms with Gasteiger partial charge < -0.3 is 4.74 Å². The number of H-pyrrole nitrogens is 2. The first-order chi connectivity index (χ1) is 6.27. The predicted molar refractivity (Wildman–Crippen MR) is 32.8 cm³/mol. The van der Waals surface area contributed by atoms with Crippen LogP contribution in [0.4, 0.5) is 8.78 Å². The lowest BCUT2D eigenvalue weighted by molar-refractivity contribution is 0.383. The van der Waals surface area contributed by atoms with Crippen molar-refractivity contribution in [1.29, 1.82) is 0 Å². The minimum absolute atomic E-state index is 0.493. The summed E-state index contributed by atoms with van der Waals surface area (Å²) in [5.41, 5.74) is 0. The van der Waals surface area contributed by atoms with Gasteiger partial charge in [-0.25, -0.2) is 0 Å². The van der Waals surface area contributed by atoms with Crippen molar-refractivity contribution in [1.82, 2.24) is 30.8 Å². The predicted octanol–water partition coefficient (Wildman–Crippen LogP) is -0.00670. The summed E-state index contributed by atoms with van der Waals surface area (Å²) in [5, 5.41) is 16.4. The smallest absolute Gasteiger partial charge is 0.297 e. The molecule has 2 aromatic rings. The van der Waals surface area contributed by atoms with E-state index >= 15 is 0 Å². The maximum absolute atomic E-state index is 12.6. The van der Waals surface area contributed by atoms with Gasteiger partial charge in [-0.1, -0.05) is 0 Å². The fourth-order valence-electron chi connectivity index (χ4n) is 0.638. The molecule has 0 atom stereocenters. The van der Waals surface area contributed by atoms with Gasteiger partial charge in [0.25, 0.3) is 23.7 Å². The molecule has 13 heavy (non-hydrogen) atoms. The van der Waals surface area contributed by atoms with E-state index in [4.69, 9.17) is 0 Å². The highest BCUT2D eigenvalue weighted by molar-refractivity contribution is 5.13. The van der Waals surface area contributed by atoms with Crippen LogP contribution in [0.15, 0.2) is 0 Å². The number of nitrogens with one attached hydrogen (secondary N) is 2. The highest BCUT2D eigenvalue weighted by Gasteiger charge is 2.14. The van der Waals surface area contributed by atoms with Crippen molar-refractivity contribution in [3.63, 3.8) is 0 Å². The average Bonchev–Trinajstić information content (AvgIpc) is 2.65. The minimum Gasteiger partial charge on any atom is -0.409 e. The number of ether oxygens (including phenoxy) is 1. The van der Waals surface area contributed by atoms with Gasteiger partial charge in [-0.2, -0.15) is 19.2 Å². The SMILES string of the molecule is Fc1n[nH]nc1Oc1n[nH]nc1F. The Morgan fingerprint density at radius 3 is 1.62 bits per heavy atom. The number of halogens is 2. The third-order valence-electron chi connectivity index (χ3n) is 1.15. The molecule has 0 aromatic carbocycles. The van der Waals surface area contributed by atoms with Crippen LogP contribution in [-0.2, 0) is 0 Å². The Kier molecular flexibility index (Phi) is 1.61. The van der Waals surface area contributed by atoms with Crippen LogP contribution in [-0.4, -0.2) is 30.8 Å². The summed E-state index contributed by atoms with van der Waals surface area (Å²) in [4.78, 5) is 0. The zero-order valence-corrected chi connectivity index (χ0v) is 5.95. The van der Waals surface area contributed by atoms with Crippen LogP contribution in [0.5, 0.6) is 11.8 Å². The Hall–Kier alpha value is -2.06. The first-order valence-electron chi connectivity index (χ1n) is 3.08. The number of aromatic amines is 2. The number of aromatic nitrogens is 6. The number of rotatable bonds is 2. The molecule has 7 nitrogen and oxygen atoms in total. The fourth-order valence-corrected chi connectivity index (χ4v) is 0.638. The molecule has 9 heteroatoms. The van der Waals surface area contributed by atoms with Crippen LogP contribution in [0.3, 0.4) is 0 Å². The Morgan fingerprint density at radius 1 is 0.846 bits per heavy atom. The molecule has 0 saturated heterocycles. The second-order valence-corrected chi connectivity index (χ2v) is 1.94. The Bertz CT molecular complexity index is 372. The van der Waals surface area contributed by atoms with Crippen molar-refractivity contribution >= 4 is 0 Å². The van der Waals surface area contributed by atoms with E-state index in [1.807, 2.05) is 10.4 Å². The fraction of sp³-hybridized carbons (Fsp3) is 0. The van der Waals surface area contributed by atoms with Crippen LogP contribution in [0.2, 0.25) is 0 Å². The van der Waals surface area contributed by atoms with Crippen molar-refractivity contribution in [3.8, 4) is 11.8 Å². The summed E-state index contributed by atoms with van der Waals surface area (Å²) in [7, 11) is 0. The standard InChI is InChI=1S/C4H2F2N6O/c5-1-3(9-11-7-1)13-4-2(6)8-12-10-4/h(H,7,9,11)(H,8,10,12). The van der Waals surface area contributed by atoms with E-state index < -0.39 is 23.7 Å². The van der Waals surface area contributed by atoms with E-state index in [0.717, 1.165) is 0 Å². The average molecular weight is 188 g/mol. The summed E-state index contributed by atoms with van der Waals surface area (Å²) in [6, 6.07) is 0. The molecule has 0 amide bonds. The molecule has 68 valence electrons. The van der Waals surface area contributed by atoms with Gasteiger partial charge in [0, 0.05) is 0 Å². The molecule has 2 aromatic heterocycles. The maximum atomic E-state index is 12.6. The molecular weight excluding hydrogens is 186 g/mol. The van der Waals surface area contributed by atoms with Crippen molar-refractivity contribution in [3.05, 3.63) is 11.9 Å². The molecule has 0 aliphatic heterocycles. The van der Waals surface area contributed by atoms with Gasteiger partial charge in [0.05, 0.1) is 0 Å². The van der Waals surface area contributed by atoms with Crippen molar-refractivity contribution in [2.24, 2.45) is 0 Å². The lowest BCUT2D eigenvalue weighted by atomic mass is 10.7. The number of hydrogen-bond donors (Lipinski definition) is 2. The van der Waals surface area contributed by atoms with Gasteiger partial charge in [0.2, 0.25) is 0 Å². The Morgan fingerprint density at radius 2 is 1.31 bits per heavy atom. The summed E-state index contributed by atoms with van der Waals surface area (Å²) in [5.74, 6) is -2.95. The quantitative estimate of drug-likeness (QED) is 0.691. The largest absolute Gasteiger partial charge is 0.409 e. The minimum atomic E-state index is -0.984. The van der Waals surface area contributed by atoms with E-state index in [0.29, 0.717) is 0 Å². The maximum Gasteiger partial charge on any atom is 0.297 e. The lowest BCUT2D eigenvalue weighted by Crippen LogP contribution is -1.89. The van der Waals surface area contributed by atoms with E-state index in [1.54, 1.807) is 0 Å². The molecule has 0 unspecified atom stereocenters. The number of hydrogen-bond acceptors (Lipinski definition) is 5. The van der Waals surface area contributed by atoms with Gasteiger partial charge in [-0.05, 0) is 0 Å². The van der Waals surface area contributed by atoms with Gasteiger partial charge >= 0.3 is 0 Å². The van der Waals surface area contributed by atoms with Crippen molar-refractivity contribution < 1.29 is 13.5 Å². The lowest BCUT2D eigenvalue weighted by Gasteiger charge is -1.93. The van der Waals surface area contributed by atoms with Crippen molar-refractivity contribution in [2.75, 3.05) is 0 Å². The first-order valence-corrected chi connectivity index (χ1v) is 3.08. The molecule has 0 spiro atoms. The van der Waals surface area contributed by atoms with Crippen LogP contribution < -0.4 is 4.74 Å². The van der Waals surface area contributed by atoms with Gasteiger partial charge in [0.1, 0.15) is 0 Å². The van der Waals surface area contributed by atoms with Crippen LogP contribution in [0.1, 0.15) is 0 Å². The second kappa shape index (κ2) is 2.77. The topological polar surface area (TPSA) is 92.4 Å². The molecule has 0 fully saturated rings. The number of nitrogens with zero attached hydrogens (tertiary/aromatic N) is 4. The summed E-state index contributed by atoms with van der Waals surface area (Å²) in [6.45, 7) is 0. The van der Waals surface area contributed by atoms with Gasteiger partial charge in [-0.3, -0.25) is 0 Å². The van der Waals surface area contributed by atoms with Gasteiger partial charge in [-0.15, -0.1) is 20.4 Å². The molecule has 2 heterocycles. The molecule has 0 radical (unpaired) electrons. The Balaban J connectivity index is 2.24. The van der Waals surface area contributed by atoms with E-state index in [2.05, 4.69) is 25.1 Å². The van der Waals surface area contributed by atoms with Crippen molar-refractivity contribution in [2.45, 2.75) is 0 Å². The summed E-state index contributed by atoms with van der Waals surface area (Å²) >= 11 is 0. The van der Waals surface area contributed by atoms with Crippen LogP contribution in [0.25, 0.3) is 0 Å². The summed E-state index contributed by atoms with van der Waals surface area (Å²) < 4.78 is 29.7. The molecule has 2 N–H and O–H groups in total. The van der Waals surface area contributed by atoms with Gasteiger partial charge in [0.15, 0.2) is 0 Å². The first kappa shape index (κ1) is 7.58. The van der Waals surface area contributed by atoms with E-state index in [1.165, 1.54) is 0 Å². The molecule has 0 bridgehead atoms. The normalized spacial score (nSPS) is 10.3. The third kappa shape index (κ3) is 1.30. The van der Waals surface area contributed by atoms with E-state index in [9.17, 15) is 8.78 Å².